The van der Waals surface area contributed by atoms with E-state index in [9.17, 15) is 0 Å². The van der Waals surface area contributed by atoms with Crippen LogP contribution in [0.3, 0.4) is 0 Å². The Hall–Kier alpha value is -1.34. The van der Waals surface area contributed by atoms with Gasteiger partial charge in [-0.15, -0.1) is 0 Å². The average Bonchev–Trinajstić information content (AvgIpc) is 2.96. The maximum atomic E-state index is 6.01. The van der Waals surface area contributed by atoms with Crippen LogP contribution in [0.4, 0.5) is 11.6 Å². The summed E-state index contributed by atoms with van der Waals surface area (Å²) in [6.07, 6.45) is 3.96. The molecule has 1 atom stereocenters. The van der Waals surface area contributed by atoms with Crippen LogP contribution >= 0.6 is 15.9 Å². The highest BCUT2D eigenvalue weighted by Gasteiger charge is 2.25. The van der Waals surface area contributed by atoms with E-state index in [0.29, 0.717) is 18.4 Å². The van der Waals surface area contributed by atoms with Crippen LogP contribution in [-0.2, 0) is 0 Å². The second kappa shape index (κ2) is 4.40. The Morgan fingerprint density at radius 1 is 1.50 bits per heavy atom. The third-order valence-electron chi connectivity index (χ3n) is 3.39. The molecule has 6 nitrogen and oxygen atoms in total. The minimum absolute atomic E-state index is 0.362. The van der Waals surface area contributed by atoms with E-state index in [-0.39, 0.29) is 0 Å². The van der Waals surface area contributed by atoms with Gasteiger partial charge in [-0.25, -0.2) is 4.98 Å². The molecule has 18 heavy (non-hydrogen) atoms. The topological polar surface area (TPSA) is 85.5 Å². The zero-order valence-electron chi connectivity index (χ0n) is 9.88. The molecular weight excluding hydrogens is 296 g/mol. The number of nitrogens with two attached hydrogens (primary N) is 2. The fourth-order valence-electron chi connectivity index (χ4n) is 2.48. The lowest BCUT2D eigenvalue weighted by Crippen LogP contribution is -2.36. The molecule has 0 bridgehead atoms. The molecule has 0 amide bonds. The van der Waals surface area contributed by atoms with Gasteiger partial charge in [-0.3, -0.25) is 0 Å². The molecule has 3 heterocycles. The van der Waals surface area contributed by atoms with E-state index in [2.05, 4.69) is 30.9 Å². The number of hydrogen-bond donors (Lipinski definition) is 2. The molecule has 0 aliphatic carbocycles. The Morgan fingerprint density at radius 3 is 3.11 bits per heavy atom. The van der Waals surface area contributed by atoms with Gasteiger partial charge < -0.3 is 16.4 Å². The largest absolute Gasteiger partial charge is 0.383 e. The van der Waals surface area contributed by atoms with Crippen molar-refractivity contribution in [2.75, 3.05) is 23.7 Å². The van der Waals surface area contributed by atoms with E-state index < -0.39 is 0 Å². The summed E-state index contributed by atoms with van der Waals surface area (Å²) >= 11 is 3.43. The predicted molar refractivity (Wildman–Crippen MR) is 74.5 cm³/mol. The molecule has 1 aliphatic rings. The quantitative estimate of drug-likeness (QED) is 0.864. The van der Waals surface area contributed by atoms with Crippen molar-refractivity contribution in [2.45, 2.75) is 18.9 Å². The smallest absolute Gasteiger partial charge is 0.173 e. The lowest BCUT2D eigenvalue weighted by molar-refractivity contribution is 0.671. The van der Waals surface area contributed by atoms with Gasteiger partial charge >= 0.3 is 0 Å². The molecule has 2 aromatic rings. The summed E-state index contributed by atoms with van der Waals surface area (Å²) in [5, 5.41) is 4.16. The van der Waals surface area contributed by atoms with E-state index in [0.717, 1.165) is 35.3 Å². The maximum absolute atomic E-state index is 6.01. The van der Waals surface area contributed by atoms with Gasteiger partial charge in [-0.2, -0.15) is 9.61 Å². The zero-order valence-corrected chi connectivity index (χ0v) is 11.5. The first-order valence-electron chi connectivity index (χ1n) is 5.97. The highest BCUT2D eigenvalue weighted by atomic mass is 79.9. The molecular formula is C11H15BrN6. The molecule has 4 N–H and O–H groups in total. The Kier molecular flexibility index (Phi) is 2.87. The van der Waals surface area contributed by atoms with Crippen LogP contribution in [0.15, 0.2) is 16.7 Å². The van der Waals surface area contributed by atoms with Crippen molar-refractivity contribution in [1.29, 1.82) is 0 Å². The lowest BCUT2D eigenvalue weighted by atomic mass is 10.2. The number of nitrogens with zero attached hydrogens (tertiary/aromatic N) is 4. The summed E-state index contributed by atoms with van der Waals surface area (Å²) in [5.74, 6) is 1.47. The van der Waals surface area contributed by atoms with E-state index in [1.807, 2.05) is 6.07 Å². The van der Waals surface area contributed by atoms with E-state index in [1.165, 1.54) is 0 Å². The monoisotopic (exact) mass is 310 g/mol. The highest BCUT2D eigenvalue weighted by molar-refractivity contribution is 9.10. The summed E-state index contributed by atoms with van der Waals surface area (Å²) in [5.41, 5.74) is 12.5. The molecule has 0 saturated carbocycles. The van der Waals surface area contributed by atoms with Crippen LogP contribution in [0, 0.1) is 0 Å². The van der Waals surface area contributed by atoms with Crippen molar-refractivity contribution in [1.82, 2.24) is 14.6 Å². The molecule has 96 valence electrons. The van der Waals surface area contributed by atoms with Gasteiger partial charge in [0.1, 0.15) is 11.6 Å². The zero-order chi connectivity index (χ0) is 12.7. The average molecular weight is 311 g/mol. The molecule has 0 aromatic carbocycles. The van der Waals surface area contributed by atoms with Gasteiger partial charge in [-0.1, -0.05) is 0 Å². The molecule has 3 rings (SSSR count). The van der Waals surface area contributed by atoms with Crippen molar-refractivity contribution in [3.05, 3.63) is 16.7 Å². The number of aromatic nitrogens is 3. The van der Waals surface area contributed by atoms with Crippen molar-refractivity contribution in [2.24, 2.45) is 5.73 Å². The molecule has 1 saturated heterocycles. The van der Waals surface area contributed by atoms with Crippen molar-refractivity contribution < 1.29 is 0 Å². The normalized spacial score (nSPS) is 19.9. The SMILES string of the molecule is NCC1CCCN1c1cc(N)n2ncc(Br)c2n1. The number of hydrogen-bond acceptors (Lipinski definition) is 5. The van der Waals surface area contributed by atoms with Crippen LogP contribution in [0.5, 0.6) is 0 Å². The Labute approximate surface area is 113 Å². The summed E-state index contributed by atoms with van der Waals surface area (Å²) in [6.45, 7) is 1.63. The first-order valence-corrected chi connectivity index (χ1v) is 6.76. The maximum Gasteiger partial charge on any atom is 0.173 e. The number of nitrogen functional groups attached to an aromatic ring is 1. The van der Waals surface area contributed by atoms with Crippen LogP contribution in [0.2, 0.25) is 0 Å². The number of rotatable bonds is 2. The summed E-state index contributed by atoms with van der Waals surface area (Å²) in [7, 11) is 0. The fraction of sp³-hybridized carbons (Fsp3) is 0.455. The minimum Gasteiger partial charge on any atom is -0.383 e. The minimum atomic E-state index is 0.362. The van der Waals surface area contributed by atoms with Gasteiger partial charge in [0.25, 0.3) is 0 Å². The standard InChI is InChI=1S/C11H15BrN6/c12-8-6-15-18-9(14)4-10(16-11(8)18)17-3-1-2-7(17)5-13/h4,6-7H,1-3,5,13-14H2. The van der Waals surface area contributed by atoms with Crippen LogP contribution in [-0.4, -0.2) is 33.7 Å². The summed E-state index contributed by atoms with van der Waals surface area (Å²) in [6, 6.07) is 2.22. The van der Waals surface area contributed by atoms with E-state index in [4.69, 9.17) is 11.5 Å². The van der Waals surface area contributed by atoms with Crippen LogP contribution in [0.25, 0.3) is 5.65 Å². The predicted octanol–water partition coefficient (Wildman–Crippen LogP) is 1.00. The van der Waals surface area contributed by atoms with Crippen LogP contribution in [0.1, 0.15) is 12.8 Å². The van der Waals surface area contributed by atoms with Crippen molar-refractivity contribution in [3.63, 3.8) is 0 Å². The lowest BCUT2D eigenvalue weighted by Gasteiger charge is -2.24. The third-order valence-corrected chi connectivity index (χ3v) is 3.95. The molecule has 1 unspecified atom stereocenters. The van der Waals surface area contributed by atoms with E-state index in [1.54, 1.807) is 10.7 Å². The molecule has 1 aliphatic heterocycles. The molecule has 0 radical (unpaired) electrons. The Morgan fingerprint density at radius 2 is 2.33 bits per heavy atom. The van der Waals surface area contributed by atoms with Gasteiger partial charge in [0.2, 0.25) is 0 Å². The second-order valence-electron chi connectivity index (χ2n) is 4.49. The van der Waals surface area contributed by atoms with Crippen molar-refractivity contribution >= 4 is 33.2 Å². The summed E-state index contributed by atoms with van der Waals surface area (Å²) in [4.78, 5) is 6.85. The van der Waals surface area contributed by atoms with Gasteiger partial charge in [-0.05, 0) is 28.8 Å². The first kappa shape index (κ1) is 11.7. The molecule has 2 aromatic heterocycles. The summed E-state index contributed by atoms with van der Waals surface area (Å²) < 4.78 is 2.47. The number of anilines is 2. The Balaban J connectivity index is 2.09. The second-order valence-corrected chi connectivity index (χ2v) is 5.35. The van der Waals surface area contributed by atoms with Gasteiger partial charge in [0.15, 0.2) is 5.65 Å². The number of fused-ring (bicyclic) bond motifs is 1. The molecule has 1 fully saturated rings. The first-order chi connectivity index (χ1) is 8.70. The fourth-order valence-corrected chi connectivity index (χ4v) is 2.82. The molecule has 7 heteroatoms. The van der Waals surface area contributed by atoms with Crippen molar-refractivity contribution in [3.8, 4) is 0 Å². The third kappa shape index (κ3) is 1.74. The highest BCUT2D eigenvalue weighted by Crippen LogP contribution is 2.27. The number of halogens is 1. The molecule has 0 spiro atoms. The van der Waals surface area contributed by atoms with Gasteiger partial charge in [0.05, 0.1) is 10.7 Å². The Bertz CT molecular complexity index is 580. The van der Waals surface area contributed by atoms with Crippen LogP contribution < -0.4 is 16.4 Å². The van der Waals surface area contributed by atoms with E-state index >= 15 is 0 Å². The van der Waals surface area contributed by atoms with Gasteiger partial charge in [0, 0.05) is 25.2 Å².